The van der Waals surface area contributed by atoms with Crippen LogP contribution in [-0.4, -0.2) is 25.9 Å². The first-order chi connectivity index (χ1) is 9.85. The molecule has 0 radical (unpaired) electrons. The van der Waals surface area contributed by atoms with Gasteiger partial charge in [0, 0.05) is 23.5 Å². The van der Waals surface area contributed by atoms with E-state index in [0.717, 1.165) is 0 Å². The van der Waals surface area contributed by atoms with Crippen LogP contribution in [-0.2, 0) is 10.0 Å². The van der Waals surface area contributed by atoms with Gasteiger partial charge in [-0.3, -0.25) is 0 Å². The van der Waals surface area contributed by atoms with Gasteiger partial charge in [0.2, 0.25) is 10.0 Å². The number of pyridine rings is 1. The predicted molar refractivity (Wildman–Crippen MR) is 83.1 cm³/mol. The van der Waals surface area contributed by atoms with Gasteiger partial charge < -0.3 is 11.5 Å². The number of halogens is 1. The number of sulfonamides is 1. The minimum Gasteiger partial charge on any atom is -0.370 e. The molecule has 112 valence electrons. The van der Waals surface area contributed by atoms with Crippen LogP contribution in [0, 0.1) is 0 Å². The number of rotatable bonds is 4. The first kappa shape index (κ1) is 15.5. The molecule has 0 fully saturated rings. The van der Waals surface area contributed by atoms with Crippen molar-refractivity contribution in [3.8, 4) is 0 Å². The Morgan fingerprint density at radius 2 is 2.10 bits per heavy atom. The number of nitrogens with zero attached hydrogens (tertiary/aromatic N) is 2. The average molecular weight is 328 g/mol. The summed E-state index contributed by atoms with van der Waals surface area (Å²) in [6, 6.07) is 4.49. The largest absolute Gasteiger partial charge is 0.370 e. The second-order valence-corrected chi connectivity index (χ2v) is 6.35. The van der Waals surface area contributed by atoms with E-state index in [1.807, 2.05) is 0 Å². The van der Waals surface area contributed by atoms with E-state index in [9.17, 15) is 8.42 Å². The highest BCUT2D eigenvalue weighted by Gasteiger charge is 2.15. The fourth-order valence-corrected chi connectivity index (χ4v) is 3.11. The number of aromatic nitrogens is 1. The zero-order chi connectivity index (χ0) is 15.6. The number of nitrogens with two attached hydrogens (primary N) is 2. The molecule has 2 aromatic rings. The van der Waals surface area contributed by atoms with E-state index >= 15 is 0 Å². The summed E-state index contributed by atoms with van der Waals surface area (Å²) in [4.78, 5) is 8.00. The molecule has 2 rings (SSSR count). The second-order valence-electron chi connectivity index (χ2n) is 4.18. The molecule has 0 amide bonds. The van der Waals surface area contributed by atoms with Crippen LogP contribution in [0.5, 0.6) is 0 Å². The van der Waals surface area contributed by atoms with Crippen LogP contribution in [0.3, 0.4) is 0 Å². The van der Waals surface area contributed by atoms with E-state index in [0.29, 0.717) is 15.8 Å². The van der Waals surface area contributed by atoms with Gasteiger partial charge in [0.1, 0.15) is 0 Å². The summed E-state index contributed by atoms with van der Waals surface area (Å²) in [6.45, 7) is 1.98. The highest BCUT2D eigenvalue weighted by molar-refractivity contribution is 7.89. The van der Waals surface area contributed by atoms with E-state index in [4.69, 9.17) is 23.1 Å². The van der Waals surface area contributed by atoms with Crippen LogP contribution in [0.2, 0.25) is 5.02 Å². The van der Waals surface area contributed by atoms with Crippen molar-refractivity contribution in [1.29, 1.82) is 0 Å². The van der Waals surface area contributed by atoms with Crippen molar-refractivity contribution in [1.82, 2.24) is 9.71 Å². The third-order valence-corrected chi connectivity index (χ3v) is 4.51. The lowest BCUT2D eigenvalue weighted by Crippen LogP contribution is -2.23. The Hall–Kier alpha value is -1.90. The molecule has 0 spiro atoms. The summed E-state index contributed by atoms with van der Waals surface area (Å²) in [5, 5.41) is 1.45. The Morgan fingerprint density at radius 1 is 1.38 bits per heavy atom. The molecule has 0 aliphatic rings. The maximum atomic E-state index is 12.0. The molecule has 1 aromatic carbocycles. The molecule has 0 bridgehead atoms. The second kappa shape index (κ2) is 5.84. The van der Waals surface area contributed by atoms with E-state index < -0.39 is 10.0 Å². The van der Waals surface area contributed by atoms with Crippen LogP contribution < -0.4 is 16.2 Å². The van der Waals surface area contributed by atoms with Gasteiger partial charge in [0.15, 0.2) is 11.8 Å². The SMILES string of the molecule is CCNS(=O)(=O)c1ccc2c(Cl)cnc(N=C(N)N)c2c1. The van der Waals surface area contributed by atoms with Gasteiger partial charge in [-0.15, -0.1) is 0 Å². The highest BCUT2D eigenvalue weighted by atomic mass is 35.5. The number of benzene rings is 1. The monoisotopic (exact) mass is 327 g/mol. The van der Waals surface area contributed by atoms with Gasteiger partial charge in [-0.2, -0.15) is 4.99 Å². The lowest BCUT2D eigenvalue weighted by atomic mass is 10.1. The number of fused-ring (bicyclic) bond motifs is 1. The Kier molecular flexibility index (Phi) is 4.31. The van der Waals surface area contributed by atoms with Crippen molar-refractivity contribution >= 4 is 44.2 Å². The molecule has 0 saturated carbocycles. The minimum atomic E-state index is -3.59. The van der Waals surface area contributed by atoms with E-state index in [2.05, 4.69) is 14.7 Å². The van der Waals surface area contributed by atoms with Crippen molar-refractivity contribution in [3.05, 3.63) is 29.4 Å². The van der Waals surface area contributed by atoms with Crippen LogP contribution in [0.4, 0.5) is 5.82 Å². The molecular formula is C12H14ClN5O2S. The van der Waals surface area contributed by atoms with E-state index in [-0.39, 0.29) is 23.2 Å². The number of guanidine groups is 1. The molecule has 21 heavy (non-hydrogen) atoms. The van der Waals surface area contributed by atoms with Crippen LogP contribution in [0.15, 0.2) is 34.3 Å². The average Bonchev–Trinajstić information content (AvgIpc) is 2.41. The Morgan fingerprint density at radius 3 is 2.71 bits per heavy atom. The molecule has 1 aromatic heterocycles. The molecule has 0 saturated heterocycles. The molecule has 7 nitrogen and oxygen atoms in total. The smallest absolute Gasteiger partial charge is 0.240 e. The fourth-order valence-electron chi connectivity index (χ4n) is 1.83. The quantitative estimate of drug-likeness (QED) is 0.573. The van der Waals surface area contributed by atoms with Gasteiger partial charge in [-0.25, -0.2) is 18.1 Å². The molecule has 5 N–H and O–H groups in total. The highest BCUT2D eigenvalue weighted by Crippen LogP contribution is 2.31. The fraction of sp³-hybridized carbons (Fsp3) is 0.167. The number of hydrogen-bond donors (Lipinski definition) is 3. The Balaban J connectivity index is 2.74. The van der Waals surface area contributed by atoms with Crippen molar-refractivity contribution in [3.63, 3.8) is 0 Å². The third kappa shape index (κ3) is 3.23. The topological polar surface area (TPSA) is 123 Å². The molecule has 1 heterocycles. The summed E-state index contributed by atoms with van der Waals surface area (Å²) in [7, 11) is -3.59. The van der Waals surface area contributed by atoms with Crippen molar-refractivity contribution < 1.29 is 8.42 Å². The van der Waals surface area contributed by atoms with E-state index in [1.54, 1.807) is 13.0 Å². The molecule has 0 aliphatic heterocycles. The molecular weight excluding hydrogens is 314 g/mol. The molecule has 0 aliphatic carbocycles. The molecule has 0 atom stereocenters. The number of hydrogen-bond acceptors (Lipinski definition) is 4. The summed E-state index contributed by atoms with van der Waals surface area (Å²) >= 11 is 6.05. The molecule has 0 unspecified atom stereocenters. The summed E-state index contributed by atoms with van der Waals surface area (Å²) in [5.41, 5.74) is 10.7. The number of nitrogens with one attached hydrogen (secondary N) is 1. The van der Waals surface area contributed by atoms with Crippen molar-refractivity contribution in [2.45, 2.75) is 11.8 Å². The minimum absolute atomic E-state index is 0.0907. The van der Waals surface area contributed by atoms with Gasteiger partial charge in [0.25, 0.3) is 0 Å². The molecule has 9 heteroatoms. The van der Waals surface area contributed by atoms with E-state index in [1.165, 1.54) is 18.3 Å². The van der Waals surface area contributed by atoms with Crippen molar-refractivity contribution in [2.24, 2.45) is 16.5 Å². The summed E-state index contributed by atoms with van der Waals surface area (Å²) in [5.74, 6) is 0.0361. The Labute approximate surface area is 127 Å². The number of aliphatic imine (C=N–C) groups is 1. The van der Waals surface area contributed by atoms with Gasteiger partial charge in [0.05, 0.1) is 9.92 Å². The van der Waals surface area contributed by atoms with Gasteiger partial charge in [-0.1, -0.05) is 24.6 Å². The summed E-state index contributed by atoms with van der Waals surface area (Å²) < 4.78 is 26.5. The normalized spacial score (nSPS) is 11.5. The maximum absolute atomic E-state index is 12.0. The van der Waals surface area contributed by atoms with Crippen LogP contribution >= 0.6 is 11.6 Å². The summed E-state index contributed by atoms with van der Waals surface area (Å²) in [6.07, 6.45) is 1.41. The first-order valence-corrected chi connectivity index (χ1v) is 7.89. The van der Waals surface area contributed by atoms with Crippen molar-refractivity contribution in [2.75, 3.05) is 6.54 Å². The van der Waals surface area contributed by atoms with Gasteiger partial charge in [-0.05, 0) is 12.1 Å². The zero-order valence-electron chi connectivity index (χ0n) is 11.2. The van der Waals surface area contributed by atoms with Gasteiger partial charge >= 0.3 is 0 Å². The lowest BCUT2D eigenvalue weighted by molar-refractivity contribution is 0.584. The zero-order valence-corrected chi connectivity index (χ0v) is 12.7. The lowest BCUT2D eigenvalue weighted by Gasteiger charge is -2.08. The standard InChI is InChI=1S/C12H14ClN5O2S/c1-2-17-21(19,20)7-3-4-8-9(5-7)11(18-12(14)15)16-6-10(8)13/h3-6,17H,2H2,1H3,(H4,14,15,16,18). The third-order valence-electron chi connectivity index (χ3n) is 2.67. The Bertz CT molecular complexity index is 816. The first-order valence-electron chi connectivity index (χ1n) is 6.02. The predicted octanol–water partition coefficient (Wildman–Crippen LogP) is 1.09. The van der Waals surface area contributed by atoms with Crippen LogP contribution in [0.1, 0.15) is 6.92 Å². The van der Waals surface area contributed by atoms with Crippen LogP contribution in [0.25, 0.3) is 10.8 Å². The maximum Gasteiger partial charge on any atom is 0.240 e.